The maximum atomic E-state index is 13.2. The summed E-state index contributed by atoms with van der Waals surface area (Å²) < 4.78 is 39.3. The second kappa shape index (κ2) is 8.87. The van der Waals surface area contributed by atoms with Gasteiger partial charge in [0.1, 0.15) is 29.8 Å². The molecule has 8 nitrogen and oxygen atoms in total. The first-order valence-electron chi connectivity index (χ1n) is 11.4. The van der Waals surface area contributed by atoms with Gasteiger partial charge in [-0.05, 0) is 38.3 Å². The molecule has 180 valence electrons. The quantitative estimate of drug-likeness (QED) is 0.601. The van der Waals surface area contributed by atoms with Crippen LogP contribution in [0.1, 0.15) is 56.8 Å². The first-order chi connectivity index (χ1) is 15.6. The van der Waals surface area contributed by atoms with Crippen molar-refractivity contribution in [1.82, 2.24) is 24.9 Å². The van der Waals surface area contributed by atoms with E-state index in [1.807, 2.05) is 19.1 Å². The number of aromatic nitrogens is 4. The third-order valence-electron chi connectivity index (χ3n) is 6.62. The zero-order valence-corrected chi connectivity index (χ0v) is 19.6. The average molecular weight is 464 g/mol. The molecule has 0 aliphatic heterocycles. The van der Waals surface area contributed by atoms with Crippen LogP contribution in [-0.4, -0.2) is 56.6 Å². The summed E-state index contributed by atoms with van der Waals surface area (Å²) in [6, 6.07) is 3.71. The van der Waals surface area contributed by atoms with Gasteiger partial charge in [0.05, 0.1) is 17.9 Å². The highest BCUT2D eigenvalue weighted by Gasteiger charge is 2.56. The number of hydrogen-bond donors (Lipinski definition) is 0. The smallest absolute Gasteiger partial charge is 0.410 e. The number of rotatable bonds is 7. The van der Waals surface area contributed by atoms with Crippen LogP contribution in [0.4, 0.5) is 13.6 Å². The van der Waals surface area contributed by atoms with Gasteiger partial charge in [0.15, 0.2) is 0 Å². The summed E-state index contributed by atoms with van der Waals surface area (Å²) >= 11 is 0. The average Bonchev–Trinajstić information content (AvgIpc) is 3.25. The van der Waals surface area contributed by atoms with Crippen molar-refractivity contribution in [2.45, 2.75) is 71.0 Å². The van der Waals surface area contributed by atoms with Crippen molar-refractivity contribution in [3.63, 3.8) is 0 Å². The molecule has 33 heavy (non-hydrogen) atoms. The van der Waals surface area contributed by atoms with Crippen LogP contribution in [0.15, 0.2) is 12.1 Å². The highest BCUT2D eigenvalue weighted by atomic mass is 19.3. The van der Waals surface area contributed by atoms with E-state index in [2.05, 4.69) is 15.3 Å². The Kier molecular flexibility index (Phi) is 6.28. The van der Waals surface area contributed by atoms with Gasteiger partial charge in [0.25, 0.3) is 5.92 Å². The number of ether oxygens (including phenoxy) is 2. The summed E-state index contributed by atoms with van der Waals surface area (Å²) in [7, 11) is 2.94. The Morgan fingerprint density at radius 2 is 2.03 bits per heavy atom. The fourth-order valence-corrected chi connectivity index (χ4v) is 4.68. The van der Waals surface area contributed by atoms with E-state index in [1.165, 1.54) is 43.8 Å². The number of amides is 1. The van der Waals surface area contributed by atoms with Crippen molar-refractivity contribution in [3.05, 3.63) is 23.5 Å². The predicted octanol–water partition coefficient (Wildman–Crippen LogP) is 4.51. The first kappa shape index (κ1) is 23.4. The van der Waals surface area contributed by atoms with E-state index in [9.17, 15) is 13.6 Å². The minimum atomic E-state index is -3.00. The molecule has 4 rings (SSSR count). The van der Waals surface area contributed by atoms with E-state index in [-0.39, 0.29) is 12.7 Å². The number of pyridine rings is 1. The number of aryl methyl sites for hydroxylation is 2. The van der Waals surface area contributed by atoms with E-state index in [0.29, 0.717) is 22.5 Å². The molecule has 2 fully saturated rings. The monoisotopic (exact) mass is 463 g/mol. The highest BCUT2D eigenvalue weighted by Crippen LogP contribution is 2.58. The normalized spacial score (nSPS) is 19.4. The molecule has 0 radical (unpaired) electrons. The van der Waals surface area contributed by atoms with Gasteiger partial charge in [0.2, 0.25) is 0 Å². The van der Waals surface area contributed by atoms with Gasteiger partial charge in [-0.25, -0.2) is 23.2 Å². The van der Waals surface area contributed by atoms with Gasteiger partial charge in [-0.15, -0.1) is 5.10 Å². The molecule has 0 N–H and O–H groups in total. The molecular formula is C23H31F2N5O3. The molecule has 2 saturated carbocycles. The van der Waals surface area contributed by atoms with Crippen LogP contribution in [0, 0.1) is 12.3 Å². The topological polar surface area (TPSA) is 82.4 Å². The zero-order valence-electron chi connectivity index (χ0n) is 19.6. The number of carbonyl (C=O) groups is 1. The first-order valence-corrected chi connectivity index (χ1v) is 11.4. The van der Waals surface area contributed by atoms with Crippen molar-refractivity contribution in [3.8, 4) is 17.1 Å². The molecule has 2 aliphatic carbocycles. The maximum Gasteiger partial charge on any atom is 0.410 e. The van der Waals surface area contributed by atoms with Gasteiger partial charge in [0, 0.05) is 26.4 Å². The van der Waals surface area contributed by atoms with E-state index in [0.717, 1.165) is 29.7 Å². The largest absolute Gasteiger partial charge is 0.488 e. The van der Waals surface area contributed by atoms with Crippen LogP contribution < -0.4 is 4.74 Å². The molecule has 0 saturated heterocycles. The summed E-state index contributed by atoms with van der Waals surface area (Å²) in [5, 5.41) is 8.18. The molecule has 2 aromatic heterocycles. The van der Waals surface area contributed by atoms with Crippen molar-refractivity contribution in [1.29, 1.82) is 0 Å². The van der Waals surface area contributed by atoms with Crippen molar-refractivity contribution < 1.29 is 23.0 Å². The number of halogens is 2. The molecular weight excluding hydrogens is 432 g/mol. The molecule has 0 bridgehead atoms. The number of nitrogens with zero attached hydrogens (tertiary/aromatic N) is 5. The summed E-state index contributed by atoms with van der Waals surface area (Å²) in [4.78, 5) is 17.6. The lowest BCUT2D eigenvalue weighted by Gasteiger charge is -2.22. The van der Waals surface area contributed by atoms with Gasteiger partial charge in [-0.2, -0.15) is 0 Å². The standard InChI is InChI=1S/C23H31F2N5O3/c1-15-18(33-19-12-23(19)10-6-5-7-11-23)9-8-16(26-15)20-17(30(4)28-27-20)13-32-21(31)29(3)14-22(2,24)25/h8-9,19H,5-7,10-14H2,1-4H3. The lowest BCUT2D eigenvalue weighted by molar-refractivity contribution is -0.0101. The summed E-state index contributed by atoms with van der Waals surface area (Å²) in [5.41, 5.74) is 2.68. The molecule has 0 aromatic carbocycles. The number of carbonyl (C=O) groups excluding carboxylic acids is 1. The van der Waals surface area contributed by atoms with Gasteiger partial charge in [-0.1, -0.05) is 24.5 Å². The van der Waals surface area contributed by atoms with Crippen LogP contribution >= 0.6 is 0 Å². The van der Waals surface area contributed by atoms with Crippen LogP contribution in [0.3, 0.4) is 0 Å². The van der Waals surface area contributed by atoms with Gasteiger partial charge in [-0.3, -0.25) is 0 Å². The van der Waals surface area contributed by atoms with E-state index < -0.39 is 18.6 Å². The SMILES string of the molecule is Cc1nc(-c2nnn(C)c2COC(=O)N(C)CC(C)(F)F)ccc1OC1CC12CCCCC2. The van der Waals surface area contributed by atoms with Crippen molar-refractivity contribution in [2.24, 2.45) is 12.5 Å². The van der Waals surface area contributed by atoms with E-state index in [4.69, 9.17) is 9.47 Å². The minimum absolute atomic E-state index is 0.166. The lowest BCUT2D eigenvalue weighted by atomic mass is 9.86. The lowest BCUT2D eigenvalue weighted by Crippen LogP contribution is -2.36. The number of alkyl halides is 2. The molecule has 2 aromatic rings. The Balaban J connectivity index is 1.42. The van der Waals surface area contributed by atoms with Crippen LogP contribution in [0.25, 0.3) is 11.4 Å². The second-order valence-corrected chi connectivity index (χ2v) is 9.50. The summed E-state index contributed by atoms with van der Waals surface area (Å²) in [5.74, 6) is -2.24. The third kappa shape index (κ3) is 5.25. The van der Waals surface area contributed by atoms with E-state index >= 15 is 0 Å². The van der Waals surface area contributed by atoms with Crippen LogP contribution in [-0.2, 0) is 18.4 Å². The van der Waals surface area contributed by atoms with E-state index in [1.54, 1.807) is 7.05 Å². The fourth-order valence-electron chi connectivity index (χ4n) is 4.68. The minimum Gasteiger partial charge on any atom is -0.488 e. The Morgan fingerprint density at radius 3 is 2.70 bits per heavy atom. The molecule has 1 amide bonds. The van der Waals surface area contributed by atoms with Gasteiger partial charge >= 0.3 is 6.09 Å². The fraction of sp³-hybridized carbons (Fsp3) is 0.652. The summed E-state index contributed by atoms with van der Waals surface area (Å²) in [6.45, 7) is 1.75. The Hall–Kier alpha value is -2.78. The predicted molar refractivity (Wildman–Crippen MR) is 117 cm³/mol. The maximum absolute atomic E-state index is 13.2. The van der Waals surface area contributed by atoms with Crippen LogP contribution in [0.2, 0.25) is 0 Å². The Labute approximate surface area is 192 Å². The Bertz CT molecular complexity index is 1010. The highest BCUT2D eigenvalue weighted by molar-refractivity contribution is 5.67. The van der Waals surface area contributed by atoms with Gasteiger partial charge < -0.3 is 14.4 Å². The molecule has 2 aliphatic rings. The van der Waals surface area contributed by atoms with Crippen molar-refractivity contribution >= 4 is 6.09 Å². The van der Waals surface area contributed by atoms with Crippen LogP contribution in [0.5, 0.6) is 5.75 Å². The zero-order chi connectivity index (χ0) is 23.8. The molecule has 1 spiro atoms. The molecule has 1 atom stereocenters. The second-order valence-electron chi connectivity index (χ2n) is 9.50. The Morgan fingerprint density at radius 1 is 1.30 bits per heavy atom. The molecule has 1 unspecified atom stereocenters. The summed E-state index contributed by atoms with van der Waals surface area (Å²) in [6.07, 6.45) is 6.91. The molecule has 10 heteroatoms. The third-order valence-corrected chi connectivity index (χ3v) is 6.62. The molecule has 2 heterocycles. The number of hydrogen-bond acceptors (Lipinski definition) is 6. The van der Waals surface area contributed by atoms with Crippen molar-refractivity contribution in [2.75, 3.05) is 13.6 Å².